The Hall–Kier alpha value is -5.17. The third-order valence-electron chi connectivity index (χ3n) is 6.65. The number of benzene rings is 3. The van der Waals surface area contributed by atoms with Gasteiger partial charge in [0.1, 0.15) is 0 Å². The molecule has 1 amide bonds. The van der Waals surface area contributed by atoms with Gasteiger partial charge in [-0.25, -0.2) is 4.79 Å². The van der Waals surface area contributed by atoms with Gasteiger partial charge in [0.25, 0.3) is 5.91 Å². The molecule has 3 aromatic rings. The maximum absolute atomic E-state index is 13.3. The number of aliphatic imine (C=N–C) groups is 1. The van der Waals surface area contributed by atoms with Gasteiger partial charge in [-0.15, -0.1) is 0 Å². The van der Waals surface area contributed by atoms with Gasteiger partial charge in [-0.2, -0.15) is 4.99 Å². The van der Waals surface area contributed by atoms with Crippen LogP contribution < -0.4 is 4.90 Å². The zero-order chi connectivity index (χ0) is 30.6. The molecule has 1 saturated heterocycles. The molecule has 0 saturated carbocycles. The van der Waals surface area contributed by atoms with Crippen LogP contribution in [-0.2, 0) is 19.1 Å². The Morgan fingerprint density at radius 2 is 1.56 bits per heavy atom. The average Bonchev–Trinajstić information content (AvgIpc) is 3.33. The van der Waals surface area contributed by atoms with Crippen LogP contribution in [0.4, 0.5) is 17.1 Å². The van der Waals surface area contributed by atoms with Crippen molar-refractivity contribution < 1.29 is 19.1 Å². The van der Waals surface area contributed by atoms with Gasteiger partial charge in [0.15, 0.2) is 5.76 Å². The van der Waals surface area contributed by atoms with Crippen LogP contribution in [0, 0.1) is 0 Å². The fraction of sp³-hybridized carbons (Fsp3) is 0.194. The number of allylic oxidation sites excluding steroid dienone is 2. The number of hydrogen-bond acceptors (Lipinski definition) is 6. The number of esters is 1. The molecule has 7 nitrogen and oxygen atoms in total. The summed E-state index contributed by atoms with van der Waals surface area (Å²) in [5, 5.41) is 0. The minimum Gasteiger partial charge on any atom is -0.462 e. The molecule has 1 aliphatic heterocycles. The van der Waals surface area contributed by atoms with E-state index in [-0.39, 0.29) is 29.0 Å². The Morgan fingerprint density at radius 1 is 0.953 bits per heavy atom. The summed E-state index contributed by atoms with van der Waals surface area (Å²) in [6, 6.07) is 28.2. The molecular weight excluding hydrogens is 538 g/mol. The van der Waals surface area contributed by atoms with Gasteiger partial charge in [0.2, 0.25) is 0 Å². The van der Waals surface area contributed by atoms with E-state index in [1.807, 2.05) is 74.5 Å². The molecule has 1 aliphatic rings. The maximum atomic E-state index is 13.3. The summed E-state index contributed by atoms with van der Waals surface area (Å²) in [4.78, 5) is 34.1. The lowest BCUT2D eigenvalue weighted by Gasteiger charge is -2.25. The number of anilines is 3. The number of para-hydroxylation sites is 2. The van der Waals surface area contributed by atoms with E-state index in [1.54, 1.807) is 25.2 Å². The van der Waals surface area contributed by atoms with Gasteiger partial charge in [0, 0.05) is 23.6 Å². The third-order valence-corrected chi connectivity index (χ3v) is 6.65. The molecule has 43 heavy (non-hydrogen) atoms. The van der Waals surface area contributed by atoms with Crippen molar-refractivity contribution in [2.75, 3.05) is 18.1 Å². The lowest BCUT2D eigenvalue weighted by Crippen LogP contribution is -2.29. The number of ether oxygens (including phenoxy) is 2. The van der Waals surface area contributed by atoms with Crippen LogP contribution in [0.1, 0.15) is 39.2 Å². The lowest BCUT2D eigenvalue weighted by molar-refractivity contribution is -0.138. The fourth-order valence-electron chi connectivity index (χ4n) is 4.47. The van der Waals surface area contributed by atoms with Crippen LogP contribution in [0.5, 0.6) is 0 Å². The van der Waals surface area contributed by atoms with E-state index in [4.69, 9.17) is 9.47 Å². The normalized spacial score (nSPS) is 15.5. The van der Waals surface area contributed by atoms with E-state index >= 15 is 0 Å². The summed E-state index contributed by atoms with van der Waals surface area (Å²) >= 11 is 0. The van der Waals surface area contributed by atoms with Crippen LogP contribution in [0.2, 0.25) is 0 Å². The molecule has 0 bridgehead atoms. The van der Waals surface area contributed by atoms with E-state index in [9.17, 15) is 9.59 Å². The van der Waals surface area contributed by atoms with Crippen molar-refractivity contribution >= 4 is 41.0 Å². The molecule has 0 atom stereocenters. The highest BCUT2D eigenvalue weighted by Crippen LogP contribution is 2.34. The van der Waals surface area contributed by atoms with E-state index in [0.717, 1.165) is 35.5 Å². The first kappa shape index (κ1) is 30.8. The molecular formula is C36H37N3O4. The van der Waals surface area contributed by atoms with Crippen molar-refractivity contribution in [1.82, 2.24) is 4.90 Å². The molecule has 1 fully saturated rings. The minimum atomic E-state index is -0.505. The number of hydrogen-bond donors (Lipinski definition) is 0. The first-order valence-corrected chi connectivity index (χ1v) is 14.5. The Kier molecular flexibility index (Phi) is 10.9. The van der Waals surface area contributed by atoms with Crippen LogP contribution >= 0.6 is 0 Å². The molecule has 1 heterocycles. The van der Waals surface area contributed by atoms with Crippen molar-refractivity contribution in [2.24, 2.45) is 4.99 Å². The zero-order valence-electron chi connectivity index (χ0n) is 24.9. The summed E-state index contributed by atoms with van der Waals surface area (Å²) in [6.45, 7) is 10.1. The van der Waals surface area contributed by atoms with Crippen LogP contribution in [-0.4, -0.2) is 35.9 Å². The molecule has 7 heteroatoms. The average molecular weight is 576 g/mol. The molecule has 0 aromatic heterocycles. The second-order valence-corrected chi connectivity index (χ2v) is 9.64. The van der Waals surface area contributed by atoms with E-state index in [1.165, 1.54) is 11.0 Å². The van der Waals surface area contributed by atoms with Crippen molar-refractivity contribution in [3.63, 3.8) is 0 Å². The second-order valence-electron chi connectivity index (χ2n) is 9.64. The quantitative estimate of drug-likeness (QED) is 0.0945. The Balaban J connectivity index is 1.63. The van der Waals surface area contributed by atoms with Gasteiger partial charge >= 0.3 is 12.0 Å². The van der Waals surface area contributed by atoms with Gasteiger partial charge in [-0.05, 0) is 80.5 Å². The predicted octanol–water partition coefficient (Wildman–Crippen LogP) is 8.09. The van der Waals surface area contributed by atoms with Crippen LogP contribution in [0.3, 0.4) is 0 Å². The standard InChI is InChI=1S/C36H37N3O4/c1-5-9-25-42-35(41)31(16-6-2)32(7-3)37-36-38(8-4)34(40)33(43-36)26-27-21-23-30(24-22-27)39(28-17-12-10-13-18-28)29-19-14-11-15-20-29/h6-7,10-24,26H,3,5,8-9,25H2,1-2,4H3/b16-6-,32-31-,33-26+,37-36?. The predicted molar refractivity (Wildman–Crippen MR) is 173 cm³/mol. The minimum absolute atomic E-state index is 0.0768. The number of carbonyl (C=O) groups is 2. The summed E-state index contributed by atoms with van der Waals surface area (Å²) in [5.74, 6) is -0.686. The van der Waals surface area contributed by atoms with Gasteiger partial charge in [0.05, 0.1) is 17.9 Å². The number of likely N-dealkylation sites (N-methyl/N-ethyl adjacent to an activating group) is 1. The number of amidine groups is 1. The Bertz CT molecular complexity index is 1500. The molecule has 4 rings (SSSR count). The SMILES string of the molecule is C=C/C(N=C1O/C(=C/c2ccc(N(c3ccccc3)c3ccccc3)cc2)C(=O)N1CC)=C(\C=C/C)C(=O)OCCCC. The number of carbonyl (C=O) groups excluding carboxylic acids is 2. The van der Waals surface area contributed by atoms with Crippen molar-refractivity contribution in [1.29, 1.82) is 0 Å². The molecule has 0 spiro atoms. The monoisotopic (exact) mass is 575 g/mol. The lowest BCUT2D eigenvalue weighted by atomic mass is 10.1. The highest BCUT2D eigenvalue weighted by atomic mass is 16.5. The smallest absolute Gasteiger partial charge is 0.340 e. The summed E-state index contributed by atoms with van der Waals surface area (Å²) in [5.41, 5.74) is 4.33. The molecule has 220 valence electrons. The number of nitrogens with zero attached hydrogens (tertiary/aromatic N) is 3. The molecule has 0 aliphatic carbocycles. The highest BCUT2D eigenvalue weighted by molar-refractivity contribution is 6.11. The van der Waals surface area contributed by atoms with Crippen LogP contribution in [0.15, 0.2) is 132 Å². The Labute approximate surface area is 253 Å². The maximum Gasteiger partial charge on any atom is 0.340 e. The molecule has 0 N–H and O–H groups in total. The molecule has 0 unspecified atom stereocenters. The molecule has 0 radical (unpaired) electrons. The van der Waals surface area contributed by atoms with Gasteiger partial charge < -0.3 is 14.4 Å². The van der Waals surface area contributed by atoms with E-state index in [2.05, 4.69) is 40.7 Å². The van der Waals surface area contributed by atoms with E-state index in [0.29, 0.717) is 13.2 Å². The largest absolute Gasteiger partial charge is 0.462 e. The summed E-state index contributed by atoms with van der Waals surface area (Å²) in [7, 11) is 0. The zero-order valence-corrected chi connectivity index (χ0v) is 24.9. The van der Waals surface area contributed by atoms with Crippen molar-refractivity contribution in [3.8, 4) is 0 Å². The van der Waals surface area contributed by atoms with Crippen molar-refractivity contribution in [3.05, 3.63) is 132 Å². The first-order valence-electron chi connectivity index (χ1n) is 14.5. The fourth-order valence-corrected chi connectivity index (χ4v) is 4.47. The van der Waals surface area contributed by atoms with Crippen LogP contribution in [0.25, 0.3) is 6.08 Å². The molecule has 3 aromatic carbocycles. The number of amides is 1. The van der Waals surface area contributed by atoms with Gasteiger partial charge in [-0.1, -0.05) is 74.5 Å². The third kappa shape index (κ3) is 7.57. The number of unbranched alkanes of at least 4 members (excludes halogenated alkanes) is 1. The van der Waals surface area contributed by atoms with E-state index < -0.39 is 5.97 Å². The van der Waals surface area contributed by atoms with Gasteiger partial charge in [-0.3, -0.25) is 9.69 Å². The topological polar surface area (TPSA) is 71.4 Å². The summed E-state index contributed by atoms with van der Waals surface area (Å²) in [6.07, 6.45) is 8.16. The highest BCUT2D eigenvalue weighted by Gasteiger charge is 2.34. The van der Waals surface area contributed by atoms with Crippen molar-refractivity contribution in [2.45, 2.75) is 33.6 Å². The Morgan fingerprint density at radius 3 is 2.09 bits per heavy atom. The number of rotatable bonds is 12. The second kappa shape index (κ2) is 15.2. The summed E-state index contributed by atoms with van der Waals surface area (Å²) < 4.78 is 11.4. The first-order chi connectivity index (χ1) is 21.0.